The maximum Gasteiger partial charge on any atom is 0.254 e. The van der Waals surface area contributed by atoms with E-state index < -0.39 is 0 Å². The SMILES string of the molecule is O=C(c1cccc2[nH]ncc12)N1CCC[C@H]2CCCC[C@H]21. The highest BCUT2D eigenvalue weighted by atomic mass is 16.2. The largest absolute Gasteiger partial charge is 0.335 e. The summed E-state index contributed by atoms with van der Waals surface area (Å²) in [4.78, 5) is 15.2. The van der Waals surface area contributed by atoms with Crippen molar-refractivity contribution in [2.45, 2.75) is 44.6 Å². The van der Waals surface area contributed by atoms with E-state index in [9.17, 15) is 4.79 Å². The van der Waals surface area contributed by atoms with Gasteiger partial charge in [0.1, 0.15) is 0 Å². The molecule has 2 aromatic rings. The van der Waals surface area contributed by atoms with Gasteiger partial charge in [0.25, 0.3) is 5.91 Å². The molecule has 2 heterocycles. The first-order valence-corrected chi connectivity index (χ1v) is 8.07. The number of amides is 1. The normalized spacial score (nSPS) is 25.8. The van der Waals surface area contributed by atoms with Crippen molar-refractivity contribution in [3.63, 3.8) is 0 Å². The predicted octanol–water partition coefficient (Wildman–Crippen LogP) is 3.36. The number of nitrogens with zero attached hydrogens (tertiary/aromatic N) is 2. The van der Waals surface area contributed by atoms with Crippen LogP contribution >= 0.6 is 0 Å². The van der Waals surface area contributed by atoms with Crippen molar-refractivity contribution < 1.29 is 4.79 Å². The number of rotatable bonds is 1. The molecule has 21 heavy (non-hydrogen) atoms. The molecule has 1 N–H and O–H groups in total. The van der Waals surface area contributed by atoms with Crippen molar-refractivity contribution in [1.82, 2.24) is 15.1 Å². The van der Waals surface area contributed by atoms with E-state index in [1.165, 1.54) is 32.1 Å². The van der Waals surface area contributed by atoms with Gasteiger partial charge < -0.3 is 4.90 Å². The summed E-state index contributed by atoms with van der Waals surface area (Å²) in [5, 5.41) is 7.97. The Bertz CT molecular complexity index is 661. The van der Waals surface area contributed by atoms with Crippen LogP contribution in [0.25, 0.3) is 10.9 Å². The first kappa shape index (κ1) is 12.9. The molecule has 1 aromatic heterocycles. The molecule has 2 fully saturated rings. The molecule has 110 valence electrons. The lowest BCUT2D eigenvalue weighted by Crippen LogP contribution is -2.49. The van der Waals surface area contributed by atoms with E-state index in [4.69, 9.17) is 0 Å². The number of hydrogen-bond donors (Lipinski definition) is 1. The van der Waals surface area contributed by atoms with Gasteiger partial charge in [-0.1, -0.05) is 18.9 Å². The van der Waals surface area contributed by atoms with Crippen molar-refractivity contribution in [3.8, 4) is 0 Å². The van der Waals surface area contributed by atoms with Crippen molar-refractivity contribution in [3.05, 3.63) is 30.0 Å². The van der Waals surface area contributed by atoms with Gasteiger partial charge in [-0.3, -0.25) is 9.89 Å². The monoisotopic (exact) mass is 283 g/mol. The fraction of sp³-hybridized carbons (Fsp3) is 0.529. The van der Waals surface area contributed by atoms with Gasteiger partial charge in [-0.15, -0.1) is 0 Å². The first-order valence-electron chi connectivity index (χ1n) is 8.07. The Morgan fingerprint density at radius 1 is 1.19 bits per heavy atom. The lowest BCUT2D eigenvalue weighted by Gasteiger charge is -2.44. The quantitative estimate of drug-likeness (QED) is 0.872. The van der Waals surface area contributed by atoms with E-state index in [1.807, 2.05) is 18.2 Å². The van der Waals surface area contributed by atoms with Gasteiger partial charge in [0.2, 0.25) is 0 Å². The van der Waals surface area contributed by atoms with Crippen LogP contribution in [0.15, 0.2) is 24.4 Å². The average molecular weight is 283 g/mol. The van der Waals surface area contributed by atoms with Crippen LogP contribution in [-0.4, -0.2) is 33.6 Å². The molecule has 0 unspecified atom stereocenters. The van der Waals surface area contributed by atoms with Gasteiger partial charge in [-0.2, -0.15) is 5.10 Å². The maximum absolute atomic E-state index is 13.1. The zero-order chi connectivity index (χ0) is 14.2. The summed E-state index contributed by atoms with van der Waals surface area (Å²) in [6.45, 7) is 0.911. The number of H-pyrrole nitrogens is 1. The Hall–Kier alpha value is -1.84. The van der Waals surface area contributed by atoms with E-state index in [1.54, 1.807) is 6.20 Å². The smallest absolute Gasteiger partial charge is 0.254 e. The molecule has 1 amide bonds. The summed E-state index contributed by atoms with van der Waals surface area (Å²) in [6.07, 6.45) is 9.28. The number of fused-ring (bicyclic) bond motifs is 2. The Morgan fingerprint density at radius 3 is 3.00 bits per heavy atom. The number of likely N-dealkylation sites (tertiary alicyclic amines) is 1. The van der Waals surface area contributed by atoms with E-state index in [0.717, 1.165) is 35.3 Å². The molecule has 2 aliphatic rings. The minimum Gasteiger partial charge on any atom is -0.335 e. The molecular weight excluding hydrogens is 262 g/mol. The predicted molar refractivity (Wildman–Crippen MR) is 82.1 cm³/mol. The van der Waals surface area contributed by atoms with Gasteiger partial charge in [0, 0.05) is 18.0 Å². The number of carbonyl (C=O) groups is 1. The second-order valence-electron chi connectivity index (χ2n) is 6.39. The van der Waals surface area contributed by atoms with Gasteiger partial charge in [0.05, 0.1) is 17.3 Å². The Morgan fingerprint density at radius 2 is 2.05 bits per heavy atom. The number of aromatic nitrogens is 2. The second kappa shape index (κ2) is 5.17. The highest BCUT2D eigenvalue weighted by molar-refractivity contribution is 6.06. The van der Waals surface area contributed by atoms with E-state index >= 15 is 0 Å². The van der Waals surface area contributed by atoms with Crippen molar-refractivity contribution in [2.24, 2.45) is 5.92 Å². The standard InChI is InChI=1S/C17H21N3O/c21-17(13-7-3-8-15-14(13)11-18-19-15)20-10-4-6-12-5-1-2-9-16(12)20/h3,7-8,11-12,16H,1-2,4-6,9-10H2,(H,18,19)/t12-,16-/m1/s1. The molecular formula is C17H21N3O. The summed E-state index contributed by atoms with van der Waals surface area (Å²) < 4.78 is 0. The van der Waals surface area contributed by atoms with Gasteiger partial charge in [-0.05, 0) is 43.7 Å². The summed E-state index contributed by atoms with van der Waals surface area (Å²) in [7, 11) is 0. The topological polar surface area (TPSA) is 49.0 Å². The molecule has 1 saturated carbocycles. The molecule has 1 aliphatic heterocycles. The van der Waals surface area contributed by atoms with Crippen LogP contribution in [-0.2, 0) is 0 Å². The number of nitrogens with one attached hydrogen (secondary N) is 1. The summed E-state index contributed by atoms with van der Waals surface area (Å²) in [5.74, 6) is 0.915. The summed E-state index contributed by atoms with van der Waals surface area (Å²) in [5.41, 5.74) is 1.74. The van der Waals surface area contributed by atoms with E-state index in [0.29, 0.717) is 6.04 Å². The van der Waals surface area contributed by atoms with Crippen LogP contribution < -0.4 is 0 Å². The lowest BCUT2D eigenvalue weighted by molar-refractivity contribution is 0.0392. The molecule has 0 radical (unpaired) electrons. The third-order valence-electron chi connectivity index (χ3n) is 5.22. The van der Waals surface area contributed by atoms with Crippen molar-refractivity contribution in [2.75, 3.05) is 6.54 Å². The zero-order valence-electron chi connectivity index (χ0n) is 12.2. The van der Waals surface area contributed by atoms with Gasteiger partial charge in [0.15, 0.2) is 0 Å². The molecule has 0 bridgehead atoms. The van der Waals surface area contributed by atoms with Crippen LogP contribution in [0.4, 0.5) is 0 Å². The number of piperidine rings is 1. The lowest BCUT2D eigenvalue weighted by atomic mass is 9.78. The Labute approximate surface area is 124 Å². The summed E-state index contributed by atoms with van der Waals surface area (Å²) >= 11 is 0. The molecule has 4 rings (SSSR count). The minimum absolute atomic E-state index is 0.193. The molecule has 2 atom stereocenters. The molecule has 1 aliphatic carbocycles. The van der Waals surface area contributed by atoms with Gasteiger partial charge >= 0.3 is 0 Å². The third-order valence-corrected chi connectivity index (χ3v) is 5.22. The highest BCUT2D eigenvalue weighted by Crippen LogP contribution is 2.36. The molecule has 4 nitrogen and oxygen atoms in total. The molecule has 0 spiro atoms. The highest BCUT2D eigenvalue weighted by Gasteiger charge is 2.36. The van der Waals surface area contributed by atoms with E-state index in [-0.39, 0.29) is 5.91 Å². The zero-order valence-corrected chi connectivity index (χ0v) is 12.2. The van der Waals surface area contributed by atoms with Crippen molar-refractivity contribution >= 4 is 16.8 Å². The number of hydrogen-bond acceptors (Lipinski definition) is 2. The number of aromatic amines is 1. The number of carbonyl (C=O) groups excluding carboxylic acids is 1. The third kappa shape index (κ3) is 2.13. The van der Waals surface area contributed by atoms with Crippen molar-refractivity contribution in [1.29, 1.82) is 0 Å². The van der Waals surface area contributed by atoms with Crippen LogP contribution in [0.3, 0.4) is 0 Å². The molecule has 1 aromatic carbocycles. The van der Waals surface area contributed by atoms with Crippen LogP contribution in [0, 0.1) is 5.92 Å². The first-order chi connectivity index (χ1) is 10.3. The molecule has 4 heteroatoms. The second-order valence-corrected chi connectivity index (χ2v) is 6.39. The maximum atomic E-state index is 13.1. The van der Waals surface area contributed by atoms with Crippen LogP contribution in [0.1, 0.15) is 48.9 Å². The van der Waals surface area contributed by atoms with Gasteiger partial charge in [-0.25, -0.2) is 0 Å². The average Bonchev–Trinajstić information content (AvgIpc) is 3.02. The number of benzene rings is 1. The summed E-state index contributed by atoms with van der Waals surface area (Å²) in [6, 6.07) is 6.31. The van der Waals surface area contributed by atoms with Crippen LogP contribution in [0.2, 0.25) is 0 Å². The fourth-order valence-corrected chi connectivity index (χ4v) is 4.19. The van der Waals surface area contributed by atoms with Crippen LogP contribution in [0.5, 0.6) is 0 Å². The van der Waals surface area contributed by atoms with E-state index in [2.05, 4.69) is 15.1 Å². The Kier molecular flexibility index (Phi) is 3.17. The fourth-order valence-electron chi connectivity index (χ4n) is 4.19. The minimum atomic E-state index is 0.193. The Balaban J connectivity index is 1.68. The molecule has 1 saturated heterocycles.